The SMILES string of the molecule is CCCCn1c(=O)ccc2cc(C(=O)O)cc(C(C)CC)c21. The van der Waals surface area contributed by atoms with E-state index in [9.17, 15) is 14.7 Å². The van der Waals surface area contributed by atoms with Crippen LogP contribution in [0.25, 0.3) is 10.9 Å². The Bertz CT molecular complexity index is 746. The molecule has 1 N–H and O–H groups in total. The van der Waals surface area contributed by atoms with Gasteiger partial charge in [-0.15, -0.1) is 0 Å². The summed E-state index contributed by atoms with van der Waals surface area (Å²) in [5, 5.41) is 10.1. The van der Waals surface area contributed by atoms with Crippen LogP contribution in [0.15, 0.2) is 29.1 Å². The maximum absolute atomic E-state index is 12.3. The summed E-state index contributed by atoms with van der Waals surface area (Å²) in [6, 6.07) is 6.65. The molecule has 0 aliphatic heterocycles. The minimum Gasteiger partial charge on any atom is -0.478 e. The Morgan fingerprint density at radius 1 is 1.27 bits per heavy atom. The van der Waals surface area contributed by atoms with Crippen molar-refractivity contribution in [3.05, 3.63) is 45.7 Å². The largest absolute Gasteiger partial charge is 0.478 e. The Morgan fingerprint density at radius 2 is 2.00 bits per heavy atom. The zero-order chi connectivity index (χ0) is 16.3. The highest BCUT2D eigenvalue weighted by Gasteiger charge is 2.16. The molecule has 4 heteroatoms. The van der Waals surface area contributed by atoms with Gasteiger partial charge in [-0.25, -0.2) is 4.79 Å². The number of hydrogen-bond donors (Lipinski definition) is 1. The molecule has 0 aliphatic rings. The third-order valence-electron chi connectivity index (χ3n) is 4.24. The monoisotopic (exact) mass is 301 g/mol. The summed E-state index contributed by atoms with van der Waals surface area (Å²) < 4.78 is 1.80. The predicted molar refractivity (Wildman–Crippen MR) is 88.8 cm³/mol. The van der Waals surface area contributed by atoms with Crippen molar-refractivity contribution < 1.29 is 9.90 Å². The lowest BCUT2D eigenvalue weighted by molar-refractivity contribution is 0.0697. The van der Waals surface area contributed by atoms with Gasteiger partial charge < -0.3 is 9.67 Å². The van der Waals surface area contributed by atoms with E-state index in [0.717, 1.165) is 35.7 Å². The van der Waals surface area contributed by atoms with Gasteiger partial charge in [-0.1, -0.05) is 27.2 Å². The Balaban J connectivity index is 2.81. The summed E-state index contributed by atoms with van der Waals surface area (Å²) in [6.45, 7) is 6.90. The first-order valence-electron chi connectivity index (χ1n) is 7.90. The lowest BCUT2D eigenvalue weighted by Crippen LogP contribution is -2.21. The predicted octanol–water partition coefficient (Wildman–Crippen LogP) is 4.01. The first-order chi connectivity index (χ1) is 10.5. The number of aromatic nitrogens is 1. The van der Waals surface area contributed by atoms with Gasteiger partial charge >= 0.3 is 5.97 Å². The number of carboxylic acid groups (broad SMARTS) is 1. The van der Waals surface area contributed by atoms with Gasteiger partial charge in [0.05, 0.1) is 11.1 Å². The number of nitrogens with zero attached hydrogens (tertiary/aromatic N) is 1. The van der Waals surface area contributed by atoms with Crippen LogP contribution < -0.4 is 5.56 Å². The molecular formula is C18H23NO3. The molecule has 1 atom stereocenters. The zero-order valence-corrected chi connectivity index (χ0v) is 13.4. The topological polar surface area (TPSA) is 59.3 Å². The van der Waals surface area contributed by atoms with Gasteiger partial charge in [0.2, 0.25) is 0 Å². The van der Waals surface area contributed by atoms with E-state index >= 15 is 0 Å². The maximum atomic E-state index is 12.3. The molecule has 0 radical (unpaired) electrons. The van der Waals surface area contributed by atoms with E-state index < -0.39 is 5.97 Å². The number of unbranched alkanes of at least 4 members (excludes halogenated alkanes) is 1. The van der Waals surface area contributed by atoms with E-state index in [1.807, 2.05) is 0 Å². The van der Waals surface area contributed by atoms with Crippen LogP contribution >= 0.6 is 0 Å². The minimum absolute atomic E-state index is 0.0198. The van der Waals surface area contributed by atoms with Crippen LogP contribution in [0.3, 0.4) is 0 Å². The molecule has 1 heterocycles. The molecule has 2 rings (SSSR count). The summed E-state index contributed by atoms with van der Waals surface area (Å²) in [7, 11) is 0. The van der Waals surface area contributed by atoms with E-state index in [4.69, 9.17) is 0 Å². The first kappa shape index (κ1) is 16.3. The highest BCUT2D eigenvalue weighted by Crippen LogP contribution is 2.28. The molecule has 0 fully saturated rings. The van der Waals surface area contributed by atoms with Crippen molar-refractivity contribution in [2.24, 2.45) is 0 Å². The lowest BCUT2D eigenvalue weighted by Gasteiger charge is -2.18. The molecule has 22 heavy (non-hydrogen) atoms. The molecule has 1 aromatic carbocycles. The van der Waals surface area contributed by atoms with Crippen molar-refractivity contribution in [1.82, 2.24) is 4.57 Å². The van der Waals surface area contributed by atoms with E-state index in [-0.39, 0.29) is 17.0 Å². The number of rotatable bonds is 6. The number of carboxylic acids is 1. The molecule has 118 valence electrons. The highest BCUT2D eigenvalue weighted by atomic mass is 16.4. The van der Waals surface area contributed by atoms with Crippen molar-refractivity contribution in [2.45, 2.75) is 52.5 Å². The first-order valence-corrected chi connectivity index (χ1v) is 7.90. The number of aryl methyl sites for hydroxylation is 1. The molecular weight excluding hydrogens is 278 g/mol. The van der Waals surface area contributed by atoms with Gasteiger partial charge in [0.1, 0.15) is 0 Å². The molecule has 0 saturated heterocycles. The van der Waals surface area contributed by atoms with Crippen LogP contribution in [0, 0.1) is 0 Å². The normalized spacial score (nSPS) is 12.5. The van der Waals surface area contributed by atoms with Gasteiger partial charge in [0.25, 0.3) is 5.56 Å². The van der Waals surface area contributed by atoms with E-state index in [2.05, 4.69) is 20.8 Å². The van der Waals surface area contributed by atoms with Crippen LogP contribution in [0.4, 0.5) is 0 Å². The van der Waals surface area contributed by atoms with Gasteiger partial charge in [-0.3, -0.25) is 4.79 Å². The summed E-state index contributed by atoms with van der Waals surface area (Å²) in [5.74, 6) is -0.728. The molecule has 1 unspecified atom stereocenters. The fourth-order valence-corrected chi connectivity index (χ4v) is 2.74. The van der Waals surface area contributed by atoms with Crippen LogP contribution in [0.5, 0.6) is 0 Å². The van der Waals surface area contributed by atoms with Crippen molar-refractivity contribution in [2.75, 3.05) is 0 Å². The third kappa shape index (κ3) is 3.06. The van der Waals surface area contributed by atoms with Gasteiger partial charge in [-0.05, 0) is 47.9 Å². The summed E-state index contributed by atoms with van der Waals surface area (Å²) in [6.07, 6.45) is 2.84. The zero-order valence-electron chi connectivity index (χ0n) is 13.4. The molecule has 0 aliphatic carbocycles. The average Bonchev–Trinajstić information content (AvgIpc) is 2.52. The Kier molecular flexibility index (Phi) is 5.01. The van der Waals surface area contributed by atoms with Crippen LogP contribution in [-0.2, 0) is 6.54 Å². The van der Waals surface area contributed by atoms with Crippen molar-refractivity contribution in [3.8, 4) is 0 Å². The number of pyridine rings is 1. The Hall–Kier alpha value is -2.10. The highest BCUT2D eigenvalue weighted by molar-refractivity contribution is 5.95. The van der Waals surface area contributed by atoms with Gasteiger partial charge in [0, 0.05) is 12.6 Å². The molecule has 0 amide bonds. The molecule has 1 aromatic heterocycles. The second-order valence-electron chi connectivity index (χ2n) is 5.79. The van der Waals surface area contributed by atoms with E-state index in [1.54, 1.807) is 22.8 Å². The summed E-state index contributed by atoms with van der Waals surface area (Å²) in [5.41, 5.74) is 2.10. The third-order valence-corrected chi connectivity index (χ3v) is 4.24. The van der Waals surface area contributed by atoms with Crippen molar-refractivity contribution in [1.29, 1.82) is 0 Å². The fraction of sp³-hybridized carbons (Fsp3) is 0.444. The van der Waals surface area contributed by atoms with Crippen molar-refractivity contribution >= 4 is 16.9 Å². The number of hydrogen-bond acceptors (Lipinski definition) is 2. The van der Waals surface area contributed by atoms with Crippen molar-refractivity contribution in [3.63, 3.8) is 0 Å². The van der Waals surface area contributed by atoms with E-state index in [0.29, 0.717) is 6.54 Å². The molecule has 4 nitrogen and oxygen atoms in total. The number of fused-ring (bicyclic) bond motifs is 1. The smallest absolute Gasteiger partial charge is 0.335 e. The fourth-order valence-electron chi connectivity index (χ4n) is 2.74. The van der Waals surface area contributed by atoms with Gasteiger partial charge in [0.15, 0.2) is 0 Å². The standard InChI is InChI=1S/C18H23NO3/c1-4-6-9-19-16(20)8-7-13-10-14(18(21)22)11-15(17(13)19)12(3)5-2/h7-8,10-12H,4-6,9H2,1-3H3,(H,21,22). The quantitative estimate of drug-likeness (QED) is 0.877. The second-order valence-corrected chi connectivity index (χ2v) is 5.79. The second kappa shape index (κ2) is 6.77. The molecule has 2 aromatic rings. The van der Waals surface area contributed by atoms with Crippen LogP contribution in [-0.4, -0.2) is 15.6 Å². The lowest BCUT2D eigenvalue weighted by atomic mass is 9.93. The van der Waals surface area contributed by atoms with Crippen LogP contribution in [0.1, 0.15) is 61.9 Å². The van der Waals surface area contributed by atoms with Gasteiger partial charge in [-0.2, -0.15) is 0 Å². The number of aromatic carboxylic acids is 1. The average molecular weight is 301 g/mol. The van der Waals surface area contributed by atoms with Crippen LogP contribution in [0.2, 0.25) is 0 Å². The molecule has 0 bridgehead atoms. The Morgan fingerprint density at radius 3 is 2.59 bits per heavy atom. The maximum Gasteiger partial charge on any atom is 0.335 e. The molecule has 0 spiro atoms. The number of benzene rings is 1. The Labute approximate surface area is 130 Å². The van der Waals surface area contributed by atoms with E-state index in [1.165, 1.54) is 6.07 Å². The summed E-state index contributed by atoms with van der Waals surface area (Å²) >= 11 is 0. The number of carbonyl (C=O) groups is 1. The molecule has 0 saturated carbocycles. The summed E-state index contributed by atoms with van der Waals surface area (Å²) in [4.78, 5) is 23.6. The minimum atomic E-state index is -0.933.